The third-order valence-electron chi connectivity index (χ3n) is 4.70. The molecule has 0 aliphatic heterocycles. The van der Waals surface area contributed by atoms with Crippen molar-refractivity contribution in [1.82, 2.24) is 4.98 Å². The standard InChI is InChI=1S/C21H24N4O/c1-25(15-20(26)23-18-10-6-4-7-11-18)21-17(14-22)13-16-9-5-2-3-8-12-19(16)24-21/h4,6-7,10-11,13H,2-3,5,8-9,12,15H2,1H3,(H,23,26). The molecule has 1 aliphatic rings. The first kappa shape index (κ1) is 17.9. The molecule has 1 aliphatic carbocycles. The lowest BCUT2D eigenvalue weighted by Gasteiger charge is -2.22. The highest BCUT2D eigenvalue weighted by atomic mass is 16.2. The topological polar surface area (TPSA) is 69.0 Å². The maximum Gasteiger partial charge on any atom is 0.243 e. The largest absolute Gasteiger partial charge is 0.349 e. The average Bonchev–Trinajstić information content (AvgIpc) is 2.62. The summed E-state index contributed by atoms with van der Waals surface area (Å²) in [6.45, 7) is 0.148. The Hall–Kier alpha value is -2.87. The van der Waals surface area contributed by atoms with Crippen LogP contribution >= 0.6 is 0 Å². The monoisotopic (exact) mass is 348 g/mol. The van der Waals surface area contributed by atoms with Crippen LogP contribution < -0.4 is 10.2 Å². The molecule has 0 saturated heterocycles. The summed E-state index contributed by atoms with van der Waals surface area (Å²) in [5.41, 5.74) is 3.57. The molecule has 0 atom stereocenters. The summed E-state index contributed by atoms with van der Waals surface area (Å²) >= 11 is 0. The molecule has 5 heteroatoms. The van der Waals surface area contributed by atoms with E-state index in [-0.39, 0.29) is 12.5 Å². The van der Waals surface area contributed by atoms with Crippen molar-refractivity contribution in [3.8, 4) is 6.07 Å². The lowest BCUT2D eigenvalue weighted by atomic mass is 9.96. The number of amides is 1. The van der Waals surface area contributed by atoms with Gasteiger partial charge in [-0.15, -0.1) is 0 Å². The van der Waals surface area contributed by atoms with Crippen LogP contribution in [0, 0.1) is 11.3 Å². The molecular formula is C21H24N4O. The van der Waals surface area contributed by atoms with Crippen LogP contribution in [-0.2, 0) is 17.6 Å². The van der Waals surface area contributed by atoms with E-state index in [4.69, 9.17) is 4.98 Å². The highest BCUT2D eigenvalue weighted by molar-refractivity contribution is 5.94. The van der Waals surface area contributed by atoms with Gasteiger partial charge in [-0.3, -0.25) is 4.79 Å². The predicted molar refractivity (Wildman–Crippen MR) is 103 cm³/mol. The van der Waals surface area contributed by atoms with Gasteiger partial charge in [-0.1, -0.05) is 31.0 Å². The molecule has 2 aromatic rings. The van der Waals surface area contributed by atoms with Gasteiger partial charge in [0.15, 0.2) is 0 Å². The third kappa shape index (κ3) is 4.40. The van der Waals surface area contributed by atoms with E-state index >= 15 is 0 Å². The number of anilines is 2. The van der Waals surface area contributed by atoms with Crippen LogP contribution in [0.25, 0.3) is 0 Å². The zero-order chi connectivity index (χ0) is 18.4. The molecule has 0 fully saturated rings. The zero-order valence-electron chi connectivity index (χ0n) is 15.2. The number of nitriles is 1. The van der Waals surface area contributed by atoms with Crippen molar-refractivity contribution in [3.63, 3.8) is 0 Å². The Morgan fingerprint density at radius 1 is 1.19 bits per heavy atom. The van der Waals surface area contributed by atoms with Gasteiger partial charge in [0.1, 0.15) is 11.9 Å². The van der Waals surface area contributed by atoms with Crippen molar-refractivity contribution in [2.75, 3.05) is 23.8 Å². The summed E-state index contributed by atoms with van der Waals surface area (Å²) in [5, 5.41) is 12.4. The van der Waals surface area contributed by atoms with E-state index in [1.807, 2.05) is 43.4 Å². The van der Waals surface area contributed by atoms with Crippen LogP contribution in [0.15, 0.2) is 36.4 Å². The summed E-state index contributed by atoms with van der Waals surface area (Å²) in [6.07, 6.45) is 6.67. The number of pyridine rings is 1. The summed E-state index contributed by atoms with van der Waals surface area (Å²) in [4.78, 5) is 18.9. The van der Waals surface area contributed by atoms with Gasteiger partial charge in [0.05, 0.1) is 12.1 Å². The number of rotatable bonds is 4. The van der Waals surface area contributed by atoms with Crippen LogP contribution in [0.2, 0.25) is 0 Å². The van der Waals surface area contributed by atoms with Gasteiger partial charge in [0, 0.05) is 18.4 Å². The molecular weight excluding hydrogens is 324 g/mol. The molecule has 0 unspecified atom stereocenters. The van der Waals surface area contributed by atoms with Crippen molar-refractivity contribution in [2.45, 2.75) is 38.5 Å². The number of nitrogens with one attached hydrogen (secondary N) is 1. The molecule has 1 N–H and O–H groups in total. The average molecular weight is 348 g/mol. The molecule has 134 valence electrons. The number of carbonyl (C=O) groups is 1. The third-order valence-corrected chi connectivity index (χ3v) is 4.70. The summed E-state index contributed by atoms with van der Waals surface area (Å²) in [6, 6.07) is 13.6. The Balaban J connectivity index is 1.77. The Labute approximate surface area is 154 Å². The van der Waals surface area contributed by atoms with Gasteiger partial charge in [-0.05, 0) is 49.4 Å². The Morgan fingerprint density at radius 3 is 2.65 bits per heavy atom. The number of nitrogens with zero attached hydrogens (tertiary/aromatic N) is 3. The number of carbonyl (C=O) groups excluding carboxylic acids is 1. The number of para-hydroxylation sites is 1. The summed E-state index contributed by atoms with van der Waals surface area (Å²) in [7, 11) is 1.81. The molecule has 5 nitrogen and oxygen atoms in total. The van der Waals surface area contributed by atoms with E-state index in [1.54, 1.807) is 4.90 Å². The zero-order valence-corrected chi connectivity index (χ0v) is 15.2. The number of likely N-dealkylation sites (N-methyl/N-ethyl adjacent to an activating group) is 1. The van der Waals surface area contributed by atoms with E-state index < -0.39 is 0 Å². The first-order valence-corrected chi connectivity index (χ1v) is 9.16. The molecule has 1 heterocycles. The van der Waals surface area contributed by atoms with Gasteiger partial charge in [-0.2, -0.15) is 5.26 Å². The molecule has 0 spiro atoms. The van der Waals surface area contributed by atoms with Crippen molar-refractivity contribution in [1.29, 1.82) is 5.26 Å². The van der Waals surface area contributed by atoms with Crippen LogP contribution in [0.5, 0.6) is 0 Å². The van der Waals surface area contributed by atoms with Gasteiger partial charge >= 0.3 is 0 Å². The molecule has 0 radical (unpaired) electrons. The summed E-state index contributed by atoms with van der Waals surface area (Å²) in [5.74, 6) is 0.464. The first-order valence-electron chi connectivity index (χ1n) is 9.16. The Morgan fingerprint density at radius 2 is 1.92 bits per heavy atom. The predicted octanol–water partition coefficient (Wildman–Crippen LogP) is 3.69. The summed E-state index contributed by atoms with van der Waals surface area (Å²) < 4.78 is 0. The van der Waals surface area contributed by atoms with Crippen molar-refractivity contribution in [2.24, 2.45) is 0 Å². The van der Waals surface area contributed by atoms with Gasteiger partial charge in [-0.25, -0.2) is 4.98 Å². The quantitative estimate of drug-likeness (QED) is 0.915. The highest BCUT2D eigenvalue weighted by Crippen LogP contribution is 2.25. The number of hydrogen-bond donors (Lipinski definition) is 1. The Kier molecular flexibility index (Phi) is 5.85. The number of aryl methyl sites for hydroxylation is 2. The number of fused-ring (bicyclic) bond motifs is 1. The fraction of sp³-hybridized carbons (Fsp3) is 0.381. The second-order valence-corrected chi connectivity index (χ2v) is 6.76. The SMILES string of the molecule is CN(CC(=O)Nc1ccccc1)c1nc2c(cc1C#N)CCCCCC2. The van der Waals surface area contributed by atoms with Gasteiger partial charge in [0.2, 0.25) is 5.91 Å². The van der Waals surface area contributed by atoms with Crippen LogP contribution in [0.1, 0.15) is 42.5 Å². The molecule has 1 aromatic heterocycles. The van der Waals surface area contributed by atoms with Crippen LogP contribution in [-0.4, -0.2) is 24.5 Å². The van der Waals surface area contributed by atoms with Crippen molar-refractivity contribution < 1.29 is 4.79 Å². The first-order chi connectivity index (χ1) is 12.7. The number of hydrogen-bond acceptors (Lipinski definition) is 4. The fourth-order valence-corrected chi connectivity index (χ4v) is 3.36. The minimum Gasteiger partial charge on any atom is -0.349 e. The molecule has 1 aromatic carbocycles. The van der Waals surface area contributed by atoms with Crippen molar-refractivity contribution in [3.05, 3.63) is 53.2 Å². The smallest absolute Gasteiger partial charge is 0.243 e. The molecule has 0 saturated carbocycles. The lowest BCUT2D eigenvalue weighted by molar-refractivity contribution is -0.114. The van der Waals surface area contributed by atoms with Crippen molar-refractivity contribution >= 4 is 17.4 Å². The van der Waals surface area contributed by atoms with Gasteiger partial charge in [0.25, 0.3) is 0 Å². The second kappa shape index (κ2) is 8.48. The molecule has 3 rings (SSSR count). The maximum absolute atomic E-state index is 12.3. The van der Waals surface area contributed by atoms with E-state index in [0.29, 0.717) is 11.4 Å². The van der Waals surface area contributed by atoms with E-state index in [9.17, 15) is 10.1 Å². The number of aromatic nitrogens is 1. The maximum atomic E-state index is 12.3. The Bertz CT molecular complexity index is 811. The number of benzene rings is 1. The molecule has 1 amide bonds. The van der Waals surface area contributed by atoms with Crippen LogP contribution in [0.4, 0.5) is 11.5 Å². The van der Waals surface area contributed by atoms with E-state index in [2.05, 4.69) is 11.4 Å². The second-order valence-electron chi connectivity index (χ2n) is 6.76. The highest BCUT2D eigenvalue weighted by Gasteiger charge is 2.18. The fourth-order valence-electron chi connectivity index (χ4n) is 3.36. The van der Waals surface area contributed by atoms with E-state index in [0.717, 1.165) is 37.1 Å². The minimum absolute atomic E-state index is 0.129. The minimum atomic E-state index is -0.129. The van der Waals surface area contributed by atoms with Gasteiger partial charge < -0.3 is 10.2 Å². The van der Waals surface area contributed by atoms with Crippen LogP contribution in [0.3, 0.4) is 0 Å². The normalized spacial score (nSPS) is 13.7. The lowest BCUT2D eigenvalue weighted by Crippen LogP contribution is -2.31. The molecule has 0 bridgehead atoms. The molecule has 26 heavy (non-hydrogen) atoms. The van der Waals surface area contributed by atoms with E-state index in [1.165, 1.54) is 18.4 Å².